The summed E-state index contributed by atoms with van der Waals surface area (Å²) in [5, 5.41) is 7.20. The lowest BCUT2D eigenvalue weighted by Gasteiger charge is -2.32. The molecule has 0 unspecified atom stereocenters. The number of carbonyl (C=O) groups is 1. The van der Waals surface area contributed by atoms with Crippen LogP contribution in [0.2, 0.25) is 0 Å². The van der Waals surface area contributed by atoms with Crippen molar-refractivity contribution in [3.05, 3.63) is 83.4 Å². The number of benzene rings is 1. The molecule has 1 amide bonds. The molecule has 202 valence electrons. The van der Waals surface area contributed by atoms with Gasteiger partial charge in [0.05, 0.1) is 23.5 Å². The number of carbonyl (C=O) groups excluding carboxylic acids is 1. The fraction of sp³-hybridized carbons (Fsp3) is 0.357. The van der Waals surface area contributed by atoms with Gasteiger partial charge in [0, 0.05) is 57.2 Å². The minimum absolute atomic E-state index is 0.309. The molecule has 4 aromatic rings. The molecule has 0 bridgehead atoms. The van der Waals surface area contributed by atoms with E-state index in [1.165, 1.54) is 6.07 Å². The summed E-state index contributed by atoms with van der Waals surface area (Å²) < 4.78 is 30.0. The van der Waals surface area contributed by atoms with Crippen LogP contribution >= 0.6 is 0 Å². The first-order valence-electron chi connectivity index (χ1n) is 13.2. The molecule has 0 spiro atoms. The van der Waals surface area contributed by atoms with Crippen molar-refractivity contribution in [2.45, 2.75) is 25.4 Å². The highest BCUT2D eigenvalue weighted by molar-refractivity contribution is 6.05. The molecule has 0 saturated carbocycles. The molecule has 3 aromatic heterocycles. The SMILES string of the molecule is CN1CCN(Cc2ccc(C(=O)Nc3cnn4ccc(N5CCC[C@@H]5c5cc(F)ccc5F)nc34)cn2)CC1. The van der Waals surface area contributed by atoms with Gasteiger partial charge in [-0.2, -0.15) is 5.10 Å². The first-order valence-corrected chi connectivity index (χ1v) is 13.2. The first-order chi connectivity index (χ1) is 18.9. The van der Waals surface area contributed by atoms with Gasteiger partial charge >= 0.3 is 0 Å². The van der Waals surface area contributed by atoms with E-state index in [9.17, 15) is 13.6 Å². The summed E-state index contributed by atoms with van der Waals surface area (Å²) in [6, 6.07) is 8.68. The lowest BCUT2D eigenvalue weighted by atomic mass is 10.0. The molecule has 9 nitrogen and oxygen atoms in total. The van der Waals surface area contributed by atoms with Crippen molar-refractivity contribution in [3.8, 4) is 0 Å². The van der Waals surface area contributed by atoms with Gasteiger partial charge in [-0.15, -0.1) is 0 Å². The number of piperazine rings is 1. The summed E-state index contributed by atoms with van der Waals surface area (Å²) in [6.07, 6.45) is 6.40. The second kappa shape index (κ2) is 10.7. The number of hydrogen-bond donors (Lipinski definition) is 1. The molecule has 39 heavy (non-hydrogen) atoms. The number of aromatic nitrogens is 4. The highest BCUT2D eigenvalue weighted by atomic mass is 19.1. The Bertz CT molecular complexity index is 1480. The van der Waals surface area contributed by atoms with E-state index < -0.39 is 11.6 Å². The molecule has 1 N–H and O–H groups in total. The van der Waals surface area contributed by atoms with Crippen LogP contribution in [0, 0.1) is 11.6 Å². The molecule has 1 atom stereocenters. The average Bonchev–Trinajstić information content (AvgIpc) is 3.59. The van der Waals surface area contributed by atoms with Crippen LogP contribution < -0.4 is 10.2 Å². The number of rotatable bonds is 6. The van der Waals surface area contributed by atoms with E-state index in [1.807, 2.05) is 11.0 Å². The minimum Gasteiger partial charge on any atom is -0.349 e. The predicted octanol–water partition coefficient (Wildman–Crippen LogP) is 3.74. The number of fused-ring (bicyclic) bond motifs is 1. The number of likely N-dealkylation sites (N-methyl/N-ethyl adjacent to an activating group) is 1. The van der Waals surface area contributed by atoms with Crippen LogP contribution in [-0.2, 0) is 6.54 Å². The largest absolute Gasteiger partial charge is 0.349 e. The van der Waals surface area contributed by atoms with Crippen molar-refractivity contribution < 1.29 is 13.6 Å². The quantitative estimate of drug-likeness (QED) is 0.405. The van der Waals surface area contributed by atoms with E-state index in [0.717, 1.165) is 57.0 Å². The zero-order valence-electron chi connectivity index (χ0n) is 21.7. The molecule has 2 aliphatic heterocycles. The summed E-state index contributed by atoms with van der Waals surface area (Å²) in [7, 11) is 2.13. The second-order valence-corrected chi connectivity index (χ2v) is 10.2. The van der Waals surface area contributed by atoms with Crippen LogP contribution in [-0.4, -0.2) is 75.1 Å². The molecule has 0 aliphatic carbocycles. The van der Waals surface area contributed by atoms with Crippen molar-refractivity contribution in [2.75, 3.05) is 50.0 Å². The maximum Gasteiger partial charge on any atom is 0.257 e. The van der Waals surface area contributed by atoms with E-state index in [1.54, 1.807) is 35.2 Å². The monoisotopic (exact) mass is 532 g/mol. The fourth-order valence-corrected chi connectivity index (χ4v) is 5.32. The van der Waals surface area contributed by atoms with Gasteiger partial charge in [-0.05, 0) is 56.3 Å². The number of halogens is 2. The molecule has 0 radical (unpaired) electrons. The fourth-order valence-electron chi connectivity index (χ4n) is 5.32. The Balaban J connectivity index is 1.18. The number of hydrogen-bond acceptors (Lipinski definition) is 7. The molecule has 11 heteroatoms. The molecular formula is C28H30F2N8O. The number of anilines is 2. The van der Waals surface area contributed by atoms with Gasteiger partial charge in [0.15, 0.2) is 5.65 Å². The molecule has 1 aromatic carbocycles. The Hall–Kier alpha value is -3.96. The Morgan fingerprint density at radius 2 is 1.90 bits per heavy atom. The normalized spacial score (nSPS) is 18.6. The van der Waals surface area contributed by atoms with Crippen LogP contribution in [0.25, 0.3) is 5.65 Å². The third-order valence-electron chi connectivity index (χ3n) is 7.54. The van der Waals surface area contributed by atoms with Crippen LogP contribution in [0.15, 0.2) is 55.0 Å². The van der Waals surface area contributed by atoms with E-state index in [-0.39, 0.29) is 11.9 Å². The standard InChI is InChI=1S/C28H30F2N8O/c1-35-11-13-36(14-12-35)18-21-6-4-19(16-31-21)28(39)33-24-17-32-38-10-8-26(34-27(24)38)37-9-2-3-25(37)22-15-20(29)5-7-23(22)30/h4-8,10,15-17,25H,2-3,9,11-14,18H2,1H3,(H,33,39)/t25-/m1/s1. The zero-order chi connectivity index (χ0) is 26.9. The molecular weight excluding hydrogens is 502 g/mol. The van der Waals surface area contributed by atoms with Crippen LogP contribution in [0.1, 0.15) is 40.5 Å². The van der Waals surface area contributed by atoms with Crippen molar-refractivity contribution in [2.24, 2.45) is 0 Å². The molecule has 2 aliphatic rings. The zero-order valence-corrected chi connectivity index (χ0v) is 21.7. The van der Waals surface area contributed by atoms with E-state index in [2.05, 4.69) is 32.2 Å². The highest BCUT2D eigenvalue weighted by Crippen LogP contribution is 2.37. The van der Waals surface area contributed by atoms with E-state index in [0.29, 0.717) is 41.2 Å². The second-order valence-electron chi connectivity index (χ2n) is 10.2. The summed E-state index contributed by atoms with van der Waals surface area (Å²) in [5.74, 6) is -0.602. The number of pyridine rings is 1. The summed E-state index contributed by atoms with van der Waals surface area (Å²) in [6.45, 7) is 5.49. The number of amides is 1. The van der Waals surface area contributed by atoms with Gasteiger partial charge in [0.25, 0.3) is 5.91 Å². The predicted molar refractivity (Wildman–Crippen MR) is 144 cm³/mol. The Morgan fingerprint density at radius 3 is 2.69 bits per heavy atom. The third kappa shape index (κ3) is 5.32. The smallest absolute Gasteiger partial charge is 0.257 e. The van der Waals surface area contributed by atoms with Crippen molar-refractivity contribution in [3.63, 3.8) is 0 Å². The van der Waals surface area contributed by atoms with E-state index in [4.69, 9.17) is 4.98 Å². The summed E-state index contributed by atoms with van der Waals surface area (Å²) in [5.41, 5.74) is 2.60. The van der Waals surface area contributed by atoms with Crippen molar-refractivity contribution in [1.29, 1.82) is 0 Å². The van der Waals surface area contributed by atoms with Gasteiger partial charge in [-0.1, -0.05) is 0 Å². The van der Waals surface area contributed by atoms with Gasteiger partial charge in [0.1, 0.15) is 23.1 Å². The Kier molecular flexibility index (Phi) is 6.92. The van der Waals surface area contributed by atoms with Crippen molar-refractivity contribution in [1.82, 2.24) is 29.4 Å². The molecule has 2 saturated heterocycles. The van der Waals surface area contributed by atoms with E-state index >= 15 is 0 Å². The first kappa shape index (κ1) is 25.3. The van der Waals surface area contributed by atoms with Crippen LogP contribution in [0.5, 0.6) is 0 Å². The average molecular weight is 533 g/mol. The summed E-state index contributed by atoms with van der Waals surface area (Å²) in [4.78, 5) is 28.9. The van der Waals surface area contributed by atoms with Crippen LogP contribution in [0.3, 0.4) is 0 Å². The van der Waals surface area contributed by atoms with Gasteiger partial charge in [-0.3, -0.25) is 14.7 Å². The van der Waals surface area contributed by atoms with Gasteiger partial charge < -0.3 is 15.1 Å². The minimum atomic E-state index is -0.468. The lowest BCUT2D eigenvalue weighted by molar-refractivity contribution is 0.102. The third-order valence-corrected chi connectivity index (χ3v) is 7.54. The maximum absolute atomic E-state index is 14.6. The van der Waals surface area contributed by atoms with Crippen LogP contribution in [0.4, 0.5) is 20.3 Å². The topological polar surface area (TPSA) is 81.9 Å². The highest BCUT2D eigenvalue weighted by Gasteiger charge is 2.30. The van der Waals surface area contributed by atoms with Gasteiger partial charge in [-0.25, -0.2) is 18.3 Å². The molecule has 6 rings (SSSR count). The number of nitrogens with one attached hydrogen (secondary N) is 1. The molecule has 5 heterocycles. The summed E-state index contributed by atoms with van der Waals surface area (Å²) >= 11 is 0. The number of nitrogens with zero attached hydrogens (tertiary/aromatic N) is 7. The van der Waals surface area contributed by atoms with Gasteiger partial charge in [0.2, 0.25) is 0 Å². The van der Waals surface area contributed by atoms with Crippen molar-refractivity contribution >= 4 is 23.1 Å². The maximum atomic E-state index is 14.6. The lowest BCUT2D eigenvalue weighted by Crippen LogP contribution is -2.44. The molecule has 2 fully saturated rings. The Morgan fingerprint density at radius 1 is 1.05 bits per heavy atom. The Labute approximate surface area is 225 Å².